The summed E-state index contributed by atoms with van der Waals surface area (Å²) < 4.78 is 0. The topological polar surface area (TPSA) is 48.1 Å². The van der Waals surface area contributed by atoms with Crippen molar-refractivity contribution in [3.8, 4) is 0 Å². The molecule has 1 atom stereocenters. The van der Waals surface area contributed by atoms with Gasteiger partial charge in [-0.3, -0.25) is 9.69 Å². The number of amides is 1. The van der Waals surface area contributed by atoms with E-state index in [1.165, 1.54) is 5.56 Å². The third kappa shape index (κ3) is 2.62. The average Bonchev–Trinajstić information content (AvgIpc) is 3.00. The first-order valence-electron chi connectivity index (χ1n) is 7.94. The molecule has 1 saturated heterocycles. The molecule has 0 bridgehead atoms. The lowest BCUT2D eigenvalue weighted by molar-refractivity contribution is -0.129. The first-order chi connectivity index (χ1) is 11.3. The van der Waals surface area contributed by atoms with Crippen molar-refractivity contribution in [2.45, 2.75) is 12.6 Å². The van der Waals surface area contributed by atoms with Gasteiger partial charge < -0.3 is 10.3 Å². The van der Waals surface area contributed by atoms with E-state index < -0.39 is 0 Å². The molecule has 0 saturated carbocycles. The fraction of sp³-hybridized carbons (Fsp3) is 0.211. The van der Waals surface area contributed by atoms with Crippen molar-refractivity contribution >= 4 is 16.8 Å². The summed E-state index contributed by atoms with van der Waals surface area (Å²) >= 11 is 0. The van der Waals surface area contributed by atoms with Gasteiger partial charge >= 0.3 is 0 Å². The van der Waals surface area contributed by atoms with Crippen molar-refractivity contribution in [1.82, 2.24) is 15.2 Å². The molecule has 4 heteroatoms. The largest absolute Gasteiger partial charge is 0.361 e. The van der Waals surface area contributed by atoms with Gasteiger partial charge in [-0.05, 0) is 11.6 Å². The maximum atomic E-state index is 12.6. The van der Waals surface area contributed by atoms with E-state index in [1.54, 1.807) is 0 Å². The highest BCUT2D eigenvalue weighted by Crippen LogP contribution is 2.30. The Kier molecular flexibility index (Phi) is 3.60. The van der Waals surface area contributed by atoms with E-state index in [-0.39, 0.29) is 11.9 Å². The second kappa shape index (κ2) is 5.89. The van der Waals surface area contributed by atoms with Crippen molar-refractivity contribution in [3.63, 3.8) is 0 Å². The quantitative estimate of drug-likeness (QED) is 0.782. The number of para-hydroxylation sites is 1. The van der Waals surface area contributed by atoms with Gasteiger partial charge in [-0.1, -0.05) is 48.5 Å². The number of hydrogen-bond acceptors (Lipinski definition) is 2. The van der Waals surface area contributed by atoms with Crippen LogP contribution in [-0.2, 0) is 11.3 Å². The number of fused-ring (bicyclic) bond motifs is 1. The molecule has 3 aromatic rings. The molecule has 1 fully saturated rings. The fourth-order valence-corrected chi connectivity index (χ4v) is 3.36. The molecule has 1 aromatic heterocycles. The zero-order valence-corrected chi connectivity index (χ0v) is 12.8. The lowest BCUT2D eigenvalue weighted by Crippen LogP contribution is -2.49. The summed E-state index contributed by atoms with van der Waals surface area (Å²) in [6.07, 6.45) is 1.97. The minimum atomic E-state index is -0.250. The molecule has 1 aliphatic rings. The summed E-state index contributed by atoms with van der Waals surface area (Å²) in [5.41, 5.74) is 3.35. The highest BCUT2D eigenvalue weighted by Gasteiger charge is 2.32. The summed E-state index contributed by atoms with van der Waals surface area (Å²) in [5.74, 6) is 0.0805. The van der Waals surface area contributed by atoms with Crippen LogP contribution in [0.2, 0.25) is 0 Å². The summed E-state index contributed by atoms with van der Waals surface area (Å²) in [7, 11) is 0. The molecule has 0 spiro atoms. The van der Waals surface area contributed by atoms with Crippen LogP contribution in [0.4, 0.5) is 0 Å². The number of aromatic amines is 1. The number of hydrogen-bond donors (Lipinski definition) is 2. The standard InChI is InChI=1S/C19H19N3O/c23-19-18(16-12-21-17-9-5-4-8-15(16)17)22(11-10-20-19)13-14-6-2-1-3-7-14/h1-9,12,18,21H,10-11,13H2,(H,20,23). The monoisotopic (exact) mass is 305 g/mol. The number of nitrogens with zero attached hydrogens (tertiary/aromatic N) is 1. The maximum Gasteiger partial charge on any atom is 0.242 e. The van der Waals surface area contributed by atoms with Crippen LogP contribution >= 0.6 is 0 Å². The van der Waals surface area contributed by atoms with E-state index in [0.29, 0.717) is 6.54 Å². The molecule has 4 rings (SSSR count). The Labute approximate surface area is 135 Å². The molecule has 1 aliphatic heterocycles. The Morgan fingerprint density at radius 1 is 1.04 bits per heavy atom. The number of H-pyrrole nitrogens is 1. The van der Waals surface area contributed by atoms with Gasteiger partial charge in [-0.15, -0.1) is 0 Å². The number of benzene rings is 2. The van der Waals surface area contributed by atoms with Gasteiger partial charge in [-0.2, -0.15) is 0 Å². The van der Waals surface area contributed by atoms with Gasteiger partial charge in [0.25, 0.3) is 0 Å². The number of carbonyl (C=O) groups excluding carboxylic acids is 1. The van der Waals surface area contributed by atoms with Crippen LogP contribution in [0.15, 0.2) is 60.8 Å². The lowest BCUT2D eigenvalue weighted by atomic mass is 10.0. The van der Waals surface area contributed by atoms with Crippen molar-refractivity contribution in [1.29, 1.82) is 0 Å². The second-order valence-corrected chi connectivity index (χ2v) is 5.94. The normalized spacial score (nSPS) is 19.0. The number of nitrogens with one attached hydrogen (secondary N) is 2. The minimum Gasteiger partial charge on any atom is -0.361 e. The second-order valence-electron chi connectivity index (χ2n) is 5.94. The van der Waals surface area contributed by atoms with Crippen LogP contribution in [-0.4, -0.2) is 28.9 Å². The van der Waals surface area contributed by atoms with Crippen molar-refractivity contribution in [2.24, 2.45) is 0 Å². The molecule has 4 nitrogen and oxygen atoms in total. The van der Waals surface area contributed by atoms with Gasteiger partial charge in [0.05, 0.1) is 0 Å². The Hall–Kier alpha value is -2.59. The number of piperazine rings is 1. The summed E-state index contributed by atoms with van der Waals surface area (Å²) in [6, 6.07) is 18.2. The molecular formula is C19H19N3O. The molecule has 116 valence electrons. The molecule has 0 radical (unpaired) electrons. The molecule has 2 heterocycles. The van der Waals surface area contributed by atoms with Gasteiger partial charge in [0.15, 0.2) is 0 Å². The van der Waals surface area contributed by atoms with Gasteiger partial charge in [0.1, 0.15) is 6.04 Å². The van der Waals surface area contributed by atoms with Gasteiger partial charge in [0.2, 0.25) is 5.91 Å². The number of carbonyl (C=O) groups is 1. The molecule has 23 heavy (non-hydrogen) atoms. The Balaban J connectivity index is 1.71. The van der Waals surface area contributed by atoms with Crippen LogP contribution in [0.25, 0.3) is 10.9 Å². The van der Waals surface area contributed by atoms with Crippen molar-refractivity contribution in [2.75, 3.05) is 13.1 Å². The van der Waals surface area contributed by atoms with Gasteiger partial charge in [0, 0.05) is 42.3 Å². The van der Waals surface area contributed by atoms with Crippen LogP contribution in [0.3, 0.4) is 0 Å². The van der Waals surface area contributed by atoms with E-state index in [4.69, 9.17) is 0 Å². The Morgan fingerprint density at radius 2 is 1.83 bits per heavy atom. The SMILES string of the molecule is O=C1NCCN(Cc2ccccc2)C1c1c[nH]c2ccccc12. The summed E-state index contributed by atoms with van der Waals surface area (Å²) in [4.78, 5) is 18.1. The minimum absolute atomic E-state index is 0.0805. The number of aromatic nitrogens is 1. The van der Waals surface area contributed by atoms with E-state index in [1.807, 2.05) is 42.6 Å². The number of rotatable bonds is 3. The third-order valence-corrected chi connectivity index (χ3v) is 4.46. The van der Waals surface area contributed by atoms with E-state index in [0.717, 1.165) is 29.6 Å². The Bertz CT molecular complexity index is 825. The summed E-state index contributed by atoms with van der Waals surface area (Å²) in [6.45, 7) is 2.33. The molecular weight excluding hydrogens is 286 g/mol. The van der Waals surface area contributed by atoms with E-state index in [9.17, 15) is 4.79 Å². The maximum absolute atomic E-state index is 12.6. The molecule has 2 N–H and O–H groups in total. The highest BCUT2D eigenvalue weighted by atomic mass is 16.2. The summed E-state index contributed by atoms with van der Waals surface area (Å²) in [5, 5.41) is 4.12. The third-order valence-electron chi connectivity index (χ3n) is 4.46. The molecule has 0 aliphatic carbocycles. The molecule has 1 unspecified atom stereocenters. The first-order valence-corrected chi connectivity index (χ1v) is 7.94. The molecule has 2 aromatic carbocycles. The zero-order chi connectivity index (χ0) is 15.6. The first kappa shape index (κ1) is 14.0. The zero-order valence-electron chi connectivity index (χ0n) is 12.8. The van der Waals surface area contributed by atoms with E-state index in [2.05, 4.69) is 33.4 Å². The van der Waals surface area contributed by atoms with Crippen LogP contribution in [0, 0.1) is 0 Å². The van der Waals surface area contributed by atoms with E-state index >= 15 is 0 Å². The lowest BCUT2D eigenvalue weighted by Gasteiger charge is -2.35. The average molecular weight is 305 g/mol. The van der Waals surface area contributed by atoms with Gasteiger partial charge in [-0.25, -0.2) is 0 Å². The predicted octanol–water partition coefficient (Wildman–Crippen LogP) is 2.84. The van der Waals surface area contributed by atoms with Crippen molar-refractivity contribution in [3.05, 3.63) is 71.9 Å². The fourth-order valence-electron chi connectivity index (χ4n) is 3.36. The van der Waals surface area contributed by atoms with Crippen molar-refractivity contribution < 1.29 is 4.79 Å². The predicted molar refractivity (Wildman–Crippen MR) is 90.9 cm³/mol. The Morgan fingerprint density at radius 3 is 2.70 bits per heavy atom. The molecule has 1 amide bonds. The smallest absolute Gasteiger partial charge is 0.242 e. The highest BCUT2D eigenvalue weighted by molar-refractivity contribution is 5.92. The van der Waals surface area contributed by atoms with Crippen LogP contribution < -0.4 is 5.32 Å². The van der Waals surface area contributed by atoms with Crippen LogP contribution in [0.1, 0.15) is 17.2 Å². The van der Waals surface area contributed by atoms with Crippen LogP contribution in [0.5, 0.6) is 0 Å².